The molecule has 0 amide bonds. The van der Waals surface area contributed by atoms with Gasteiger partial charge in [0.1, 0.15) is 12.4 Å². The number of terminal acetylenes is 1. The molecule has 0 radical (unpaired) electrons. The van der Waals surface area contributed by atoms with Gasteiger partial charge < -0.3 is 9.30 Å². The van der Waals surface area contributed by atoms with Crippen LogP contribution in [0.25, 0.3) is 27.9 Å². The maximum absolute atomic E-state index is 9.77. The Morgan fingerprint density at radius 3 is 2.79 bits per heavy atom. The normalized spacial score (nSPS) is 11.3. The second kappa shape index (κ2) is 7.70. The van der Waals surface area contributed by atoms with E-state index in [1.54, 1.807) is 6.33 Å². The minimum atomic E-state index is 0.174. The maximum atomic E-state index is 9.77. The third-order valence-electron chi connectivity index (χ3n) is 4.57. The molecule has 0 saturated carbocycles. The molecule has 0 unspecified atom stereocenters. The van der Waals surface area contributed by atoms with Crippen molar-refractivity contribution in [3.8, 4) is 24.2 Å². The zero-order valence-electron chi connectivity index (χ0n) is 15.2. The number of benzene rings is 3. The van der Waals surface area contributed by atoms with E-state index in [0.717, 1.165) is 27.4 Å². The highest BCUT2D eigenvalue weighted by atomic mass is 16.5. The summed E-state index contributed by atoms with van der Waals surface area (Å²) in [7, 11) is 0. The Hall–Kier alpha value is -4.02. The van der Waals surface area contributed by atoms with E-state index in [9.17, 15) is 5.26 Å². The minimum absolute atomic E-state index is 0.174. The molecule has 4 aromatic rings. The molecule has 4 nitrogen and oxygen atoms in total. The van der Waals surface area contributed by atoms with Crippen LogP contribution in [0.15, 0.2) is 72.6 Å². The zero-order valence-corrected chi connectivity index (χ0v) is 15.2. The van der Waals surface area contributed by atoms with Crippen LogP contribution in [0.3, 0.4) is 0 Å². The second-order valence-electron chi connectivity index (χ2n) is 6.33. The van der Waals surface area contributed by atoms with Crippen LogP contribution in [0.5, 0.6) is 5.75 Å². The molecule has 0 aliphatic rings. The first-order valence-corrected chi connectivity index (χ1v) is 8.88. The highest BCUT2D eigenvalue weighted by molar-refractivity contribution is 5.93. The average Bonchev–Trinajstić information content (AvgIpc) is 3.15. The lowest BCUT2D eigenvalue weighted by atomic mass is 10.0. The molecule has 4 heteroatoms. The number of hydrogen-bond donors (Lipinski definition) is 0. The van der Waals surface area contributed by atoms with E-state index >= 15 is 0 Å². The molecule has 0 aliphatic heterocycles. The smallest absolute Gasteiger partial charge is 0.148 e. The van der Waals surface area contributed by atoms with Gasteiger partial charge in [-0.15, -0.1) is 6.42 Å². The molecule has 0 bridgehead atoms. The molecule has 0 spiro atoms. The van der Waals surface area contributed by atoms with Crippen LogP contribution in [0, 0.1) is 23.7 Å². The summed E-state index contributed by atoms with van der Waals surface area (Å²) in [5, 5.41) is 11.9. The standard InChI is InChI=1S/C24H17N3O/c1-2-13-28-24-12-11-19-7-3-4-8-20(19)21(24)14-18(15-25)16-27-17-26-22-9-5-6-10-23(22)27/h1,3-12,14,17H,13,16H2/b18-14+. The summed E-state index contributed by atoms with van der Waals surface area (Å²) in [5.41, 5.74) is 3.35. The third kappa shape index (κ3) is 3.32. The van der Waals surface area contributed by atoms with Crippen LogP contribution in [0.2, 0.25) is 0 Å². The predicted molar refractivity (Wildman–Crippen MR) is 112 cm³/mol. The van der Waals surface area contributed by atoms with E-state index in [1.165, 1.54) is 0 Å². The number of imidazole rings is 1. The van der Waals surface area contributed by atoms with Crippen LogP contribution < -0.4 is 4.74 Å². The summed E-state index contributed by atoms with van der Waals surface area (Å²) in [6, 6.07) is 22.1. The van der Waals surface area contributed by atoms with Crippen molar-refractivity contribution in [3.63, 3.8) is 0 Å². The number of para-hydroxylation sites is 2. The number of allylic oxidation sites excluding steroid dienone is 1. The summed E-state index contributed by atoms with van der Waals surface area (Å²) in [6.07, 6.45) is 8.99. The highest BCUT2D eigenvalue weighted by Crippen LogP contribution is 2.30. The molecule has 1 heterocycles. The van der Waals surface area contributed by atoms with E-state index in [-0.39, 0.29) is 6.61 Å². The topological polar surface area (TPSA) is 50.8 Å². The van der Waals surface area contributed by atoms with E-state index in [2.05, 4.69) is 17.0 Å². The summed E-state index contributed by atoms with van der Waals surface area (Å²) in [5.74, 6) is 3.16. The minimum Gasteiger partial charge on any atom is -0.480 e. The van der Waals surface area contributed by atoms with Crippen molar-refractivity contribution < 1.29 is 4.74 Å². The van der Waals surface area contributed by atoms with Crippen molar-refractivity contribution in [1.82, 2.24) is 9.55 Å². The number of hydrogen-bond acceptors (Lipinski definition) is 3. The Morgan fingerprint density at radius 1 is 1.11 bits per heavy atom. The van der Waals surface area contributed by atoms with Gasteiger partial charge in [0.2, 0.25) is 0 Å². The Morgan fingerprint density at radius 2 is 1.93 bits per heavy atom. The Kier molecular flexibility index (Phi) is 4.78. The Balaban J connectivity index is 1.80. The van der Waals surface area contributed by atoms with Gasteiger partial charge in [-0.2, -0.15) is 5.26 Å². The van der Waals surface area contributed by atoms with Gasteiger partial charge in [-0.1, -0.05) is 48.4 Å². The largest absolute Gasteiger partial charge is 0.480 e. The number of fused-ring (bicyclic) bond motifs is 2. The molecular weight excluding hydrogens is 346 g/mol. The monoisotopic (exact) mass is 363 g/mol. The lowest BCUT2D eigenvalue weighted by Crippen LogP contribution is -2.00. The lowest BCUT2D eigenvalue weighted by Gasteiger charge is -2.11. The molecular formula is C24H17N3O. The molecule has 4 rings (SSSR count). The van der Waals surface area contributed by atoms with Gasteiger partial charge in [0.25, 0.3) is 0 Å². The highest BCUT2D eigenvalue weighted by Gasteiger charge is 2.10. The molecule has 0 saturated heterocycles. The van der Waals surface area contributed by atoms with E-state index in [4.69, 9.17) is 11.2 Å². The molecule has 0 fully saturated rings. The first kappa shape index (κ1) is 17.4. The van der Waals surface area contributed by atoms with Crippen LogP contribution in [-0.2, 0) is 6.54 Å². The molecule has 0 aliphatic carbocycles. The van der Waals surface area contributed by atoms with Crippen LogP contribution >= 0.6 is 0 Å². The van der Waals surface area contributed by atoms with Crippen molar-refractivity contribution in [2.45, 2.75) is 6.54 Å². The maximum Gasteiger partial charge on any atom is 0.148 e. The molecule has 28 heavy (non-hydrogen) atoms. The summed E-state index contributed by atoms with van der Waals surface area (Å²) in [6.45, 7) is 0.599. The van der Waals surface area contributed by atoms with Gasteiger partial charge in [-0.25, -0.2) is 4.98 Å². The quantitative estimate of drug-likeness (QED) is 0.378. The molecule has 3 aromatic carbocycles. The van der Waals surface area contributed by atoms with Crippen LogP contribution in [0.4, 0.5) is 0 Å². The van der Waals surface area contributed by atoms with Gasteiger partial charge in [-0.3, -0.25) is 0 Å². The fraction of sp³-hybridized carbons (Fsp3) is 0.0833. The fourth-order valence-corrected chi connectivity index (χ4v) is 3.28. The number of nitriles is 1. The SMILES string of the molecule is C#CCOc1ccc2ccccc2c1/C=C(\C#N)Cn1cnc2ccccc21. The van der Waals surface area contributed by atoms with Crippen LogP contribution in [-0.4, -0.2) is 16.2 Å². The Bertz CT molecular complexity index is 1270. The number of ether oxygens (including phenoxy) is 1. The molecule has 134 valence electrons. The summed E-state index contributed by atoms with van der Waals surface area (Å²) >= 11 is 0. The van der Waals surface area contributed by atoms with Gasteiger partial charge >= 0.3 is 0 Å². The van der Waals surface area contributed by atoms with Gasteiger partial charge in [0, 0.05) is 5.56 Å². The summed E-state index contributed by atoms with van der Waals surface area (Å²) in [4.78, 5) is 4.40. The first-order chi connectivity index (χ1) is 13.8. The second-order valence-corrected chi connectivity index (χ2v) is 6.33. The van der Waals surface area contributed by atoms with Gasteiger partial charge in [0.05, 0.1) is 35.5 Å². The third-order valence-corrected chi connectivity index (χ3v) is 4.57. The average molecular weight is 363 g/mol. The predicted octanol–water partition coefficient (Wildman–Crippen LogP) is 4.81. The zero-order chi connectivity index (χ0) is 19.3. The number of aromatic nitrogens is 2. The van der Waals surface area contributed by atoms with Crippen molar-refractivity contribution in [2.24, 2.45) is 0 Å². The lowest BCUT2D eigenvalue weighted by molar-refractivity contribution is 0.370. The molecule has 0 atom stereocenters. The number of rotatable bonds is 5. The van der Waals surface area contributed by atoms with Crippen molar-refractivity contribution >= 4 is 27.9 Å². The fourth-order valence-electron chi connectivity index (χ4n) is 3.28. The Labute approximate surface area is 163 Å². The molecule has 1 aromatic heterocycles. The van der Waals surface area contributed by atoms with Crippen molar-refractivity contribution in [1.29, 1.82) is 5.26 Å². The first-order valence-electron chi connectivity index (χ1n) is 8.88. The molecule has 0 N–H and O–H groups in total. The van der Waals surface area contributed by atoms with Crippen molar-refractivity contribution in [2.75, 3.05) is 6.61 Å². The van der Waals surface area contributed by atoms with Crippen molar-refractivity contribution in [3.05, 3.63) is 78.1 Å². The van der Waals surface area contributed by atoms with Crippen LogP contribution in [0.1, 0.15) is 5.56 Å². The van der Waals surface area contributed by atoms with E-state index < -0.39 is 0 Å². The van der Waals surface area contributed by atoms with E-state index in [0.29, 0.717) is 17.9 Å². The number of nitrogens with zero attached hydrogens (tertiary/aromatic N) is 3. The summed E-state index contributed by atoms with van der Waals surface area (Å²) < 4.78 is 7.71. The van der Waals surface area contributed by atoms with Gasteiger partial charge in [0.15, 0.2) is 0 Å². The van der Waals surface area contributed by atoms with Gasteiger partial charge in [-0.05, 0) is 35.0 Å². The van der Waals surface area contributed by atoms with E-state index in [1.807, 2.05) is 71.3 Å².